The summed E-state index contributed by atoms with van der Waals surface area (Å²) in [4.78, 5) is 19.8. The molecule has 3 rings (SSSR count). The van der Waals surface area contributed by atoms with Gasteiger partial charge in [0.1, 0.15) is 17.4 Å². The lowest BCUT2D eigenvalue weighted by Crippen LogP contribution is -3.08. The smallest absolute Gasteiger partial charge is 0.277 e. The molecule has 0 radical (unpaired) electrons. The predicted molar refractivity (Wildman–Crippen MR) is 98.0 cm³/mol. The third-order valence-corrected chi connectivity index (χ3v) is 5.03. The van der Waals surface area contributed by atoms with Gasteiger partial charge in [-0.05, 0) is 24.3 Å². The van der Waals surface area contributed by atoms with Gasteiger partial charge in [-0.25, -0.2) is 9.37 Å². The number of halogens is 1. The zero-order chi connectivity index (χ0) is 17.8. The van der Waals surface area contributed by atoms with E-state index in [0.717, 1.165) is 25.7 Å². The molecule has 4 nitrogen and oxygen atoms in total. The van der Waals surface area contributed by atoms with E-state index >= 15 is 0 Å². The van der Waals surface area contributed by atoms with Crippen molar-refractivity contribution < 1.29 is 14.1 Å². The second-order valence-electron chi connectivity index (χ2n) is 6.26. The maximum absolute atomic E-state index is 13.0. The fourth-order valence-electron chi connectivity index (χ4n) is 2.68. The van der Waals surface area contributed by atoms with Crippen molar-refractivity contribution in [3.63, 3.8) is 0 Å². The third kappa shape index (κ3) is 4.61. The zero-order valence-electron chi connectivity index (χ0n) is 14.3. The first-order valence-electron chi connectivity index (χ1n) is 8.15. The van der Waals surface area contributed by atoms with E-state index in [9.17, 15) is 9.18 Å². The van der Waals surface area contributed by atoms with Crippen LogP contribution in [0, 0.1) is 5.82 Å². The molecule has 0 aliphatic heterocycles. The summed E-state index contributed by atoms with van der Waals surface area (Å²) in [5.74, 6) is -0.174. The first-order chi connectivity index (χ1) is 12.0. The number of hydrogen-bond donors (Lipinski definition) is 1. The Morgan fingerprint density at radius 1 is 1.20 bits per heavy atom. The van der Waals surface area contributed by atoms with Crippen molar-refractivity contribution in [1.82, 2.24) is 9.88 Å². The van der Waals surface area contributed by atoms with E-state index in [2.05, 4.69) is 4.98 Å². The molecule has 25 heavy (non-hydrogen) atoms. The van der Waals surface area contributed by atoms with Gasteiger partial charge in [0, 0.05) is 12.6 Å². The summed E-state index contributed by atoms with van der Waals surface area (Å²) in [6.07, 6.45) is 0. The minimum absolute atomic E-state index is 0.0684. The number of thiazole rings is 1. The van der Waals surface area contributed by atoms with E-state index in [1.165, 1.54) is 12.1 Å². The van der Waals surface area contributed by atoms with Gasteiger partial charge < -0.3 is 9.80 Å². The van der Waals surface area contributed by atoms with E-state index in [0.29, 0.717) is 19.6 Å². The number of likely N-dealkylation sites (N-methyl/N-ethyl adjacent to an activating group) is 2. The van der Waals surface area contributed by atoms with Crippen molar-refractivity contribution in [2.75, 3.05) is 20.6 Å². The highest BCUT2D eigenvalue weighted by Gasteiger charge is 2.16. The van der Waals surface area contributed by atoms with Gasteiger partial charge >= 0.3 is 0 Å². The van der Waals surface area contributed by atoms with Gasteiger partial charge in [0.25, 0.3) is 5.91 Å². The predicted octanol–water partition coefficient (Wildman–Crippen LogP) is 2.11. The molecule has 1 N–H and O–H groups in total. The molecule has 1 unspecified atom stereocenters. The maximum Gasteiger partial charge on any atom is 0.277 e. The highest BCUT2D eigenvalue weighted by Crippen LogP contribution is 2.22. The van der Waals surface area contributed by atoms with Crippen molar-refractivity contribution in [3.05, 3.63) is 64.9 Å². The molecule has 0 spiro atoms. The summed E-state index contributed by atoms with van der Waals surface area (Å²) < 4.78 is 14.1. The summed E-state index contributed by atoms with van der Waals surface area (Å²) in [5.41, 5.74) is 1.99. The molecule has 0 aliphatic carbocycles. The fourth-order valence-corrected chi connectivity index (χ4v) is 3.71. The summed E-state index contributed by atoms with van der Waals surface area (Å²) >= 11 is 1.62. The number of para-hydroxylation sites is 1. The molecular formula is C19H21FN3OS+. The molecule has 0 fully saturated rings. The number of nitrogens with zero attached hydrogens (tertiary/aromatic N) is 2. The quantitative estimate of drug-likeness (QED) is 0.733. The molecule has 0 saturated carbocycles. The van der Waals surface area contributed by atoms with Crippen LogP contribution in [0.25, 0.3) is 10.2 Å². The number of rotatable bonds is 6. The van der Waals surface area contributed by atoms with Crippen LogP contribution >= 0.6 is 11.3 Å². The average Bonchev–Trinajstić information content (AvgIpc) is 2.99. The van der Waals surface area contributed by atoms with Crippen LogP contribution in [0.5, 0.6) is 0 Å². The Labute approximate surface area is 150 Å². The van der Waals surface area contributed by atoms with Gasteiger partial charge in [0.15, 0.2) is 6.54 Å². The molecule has 3 aromatic rings. The molecule has 0 saturated heterocycles. The topological polar surface area (TPSA) is 37.6 Å². The molecular weight excluding hydrogens is 337 g/mol. The van der Waals surface area contributed by atoms with Gasteiger partial charge in [-0.1, -0.05) is 24.3 Å². The van der Waals surface area contributed by atoms with E-state index in [4.69, 9.17) is 0 Å². The molecule has 6 heteroatoms. The van der Waals surface area contributed by atoms with Crippen molar-refractivity contribution in [3.8, 4) is 0 Å². The van der Waals surface area contributed by atoms with E-state index in [-0.39, 0.29) is 11.7 Å². The number of aromatic nitrogens is 1. The Bertz CT molecular complexity index is 829. The lowest BCUT2D eigenvalue weighted by Gasteiger charge is -2.19. The number of hydrogen-bond acceptors (Lipinski definition) is 3. The van der Waals surface area contributed by atoms with Gasteiger partial charge in [0.2, 0.25) is 0 Å². The van der Waals surface area contributed by atoms with Crippen LogP contribution in [0.4, 0.5) is 4.39 Å². The zero-order valence-corrected chi connectivity index (χ0v) is 15.1. The molecule has 1 heterocycles. The number of fused-ring (bicyclic) bond motifs is 1. The normalized spacial score (nSPS) is 12.3. The van der Waals surface area contributed by atoms with Crippen LogP contribution in [0.15, 0.2) is 48.5 Å². The van der Waals surface area contributed by atoms with Crippen molar-refractivity contribution in [1.29, 1.82) is 0 Å². The second-order valence-corrected chi connectivity index (χ2v) is 7.38. The van der Waals surface area contributed by atoms with Crippen molar-refractivity contribution >= 4 is 27.5 Å². The number of amides is 1. The molecule has 1 amide bonds. The Balaban J connectivity index is 1.55. The number of nitrogens with one attached hydrogen (secondary N) is 1. The minimum atomic E-state index is -0.243. The summed E-state index contributed by atoms with van der Waals surface area (Å²) in [7, 11) is 3.77. The highest BCUT2D eigenvalue weighted by molar-refractivity contribution is 7.18. The lowest BCUT2D eigenvalue weighted by molar-refractivity contribution is -0.885. The minimum Gasteiger partial charge on any atom is -0.334 e. The SMILES string of the molecule is CN(Cc1nc2ccccc2s1)C(=O)C[NH+](C)Cc1ccc(F)cc1. The molecule has 0 bridgehead atoms. The van der Waals surface area contributed by atoms with E-state index < -0.39 is 0 Å². The number of carbonyl (C=O) groups excluding carboxylic acids is 1. The third-order valence-electron chi connectivity index (χ3n) is 4.01. The molecule has 2 aromatic carbocycles. The van der Waals surface area contributed by atoms with Gasteiger partial charge in [-0.3, -0.25) is 4.79 Å². The molecule has 0 aliphatic rings. The summed E-state index contributed by atoms with van der Waals surface area (Å²) in [5, 5.41) is 0.938. The van der Waals surface area contributed by atoms with Gasteiger partial charge in [-0.2, -0.15) is 0 Å². The van der Waals surface area contributed by atoms with Gasteiger partial charge in [-0.15, -0.1) is 11.3 Å². The molecule has 1 aromatic heterocycles. The second kappa shape index (κ2) is 7.72. The largest absolute Gasteiger partial charge is 0.334 e. The Morgan fingerprint density at radius 3 is 2.64 bits per heavy atom. The van der Waals surface area contributed by atoms with E-state index in [1.807, 2.05) is 31.3 Å². The maximum atomic E-state index is 13.0. The van der Waals surface area contributed by atoms with Crippen LogP contribution in [0.3, 0.4) is 0 Å². The first-order valence-corrected chi connectivity index (χ1v) is 8.97. The highest BCUT2D eigenvalue weighted by atomic mass is 32.1. The average molecular weight is 358 g/mol. The standard InChI is InChI=1S/C19H20FN3OS/c1-22(11-14-7-9-15(20)10-8-14)13-19(24)23(2)12-18-21-16-5-3-4-6-17(16)25-18/h3-10H,11-13H2,1-2H3/p+1. The molecule has 130 valence electrons. The van der Waals surface area contributed by atoms with Crippen molar-refractivity contribution in [2.24, 2.45) is 0 Å². The van der Waals surface area contributed by atoms with Crippen LogP contribution < -0.4 is 4.90 Å². The van der Waals surface area contributed by atoms with Crippen LogP contribution in [0.1, 0.15) is 10.6 Å². The Morgan fingerprint density at radius 2 is 1.92 bits per heavy atom. The number of quaternary nitrogens is 1. The van der Waals surface area contributed by atoms with Crippen LogP contribution in [0.2, 0.25) is 0 Å². The lowest BCUT2D eigenvalue weighted by atomic mass is 10.2. The summed E-state index contributed by atoms with van der Waals surface area (Å²) in [6.45, 7) is 1.59. The van der Waals surface area contributed by atoms with E-state index in [1.54, 1.807) is 35.4 Å². The molecule has 1 atom stereocenters. The number of benzene rings is 2. The van der Waals surface area contributed by atoms with Gasteiger partial charge in [0.05, 0.1) is 23.8 Å². The van der Waals surface area contributed by atoms with Crippen LogP contribution in [-0.2, 0) is 17.9 Å². The summed E-state index contributed by atoms with van der Waals surface area (Å²) in [6, 6.07) is 14.4. The number of carbonyl (C=O) groups is 1. The first kappa shape index (κ1) is 17.5. The monoisotopic (exact) mass is 358 g/mol. The van der Waals surface area contributed by atoms with Crippen LogP contribution in [-0.4, -0.2) is 36.4 Å². The van der Waals surface area contributed by atoms with Crippen molar-refractivity contribution in [2.45, 2.75) is 13.1 Å². The fraction of sp³-hybridized carbons (Fsp3) is 0.263. The Hall–Kier alpha value is -2.31. The Kier molecular flexibility index (Phi) is 5.40.